The predicted molar refractivity (Wildman–Crippen MR) is 9.86 cm³/mol. The van der Waals surface area contributed by atoms with Gasteiger partial charge >= 0.3 is 17.1 Å². The molecule has 0 aromatic carbocycles. The van der Waals surface area contributed by atoms with Gasteiger partial charge in [0.1, 0.15) is 0 Å². The van der Waals surface area contributed by atoms with Crippen LogP contribution in [0.15, 0.2) is 0 Å². The fourth-order valence-electron chi connectivity index (χ4n) is 0. The number of hydrogen-bond donors (Lipinski definition) is 1. The molecule has 0 saturated heterocycles. The minimum atomic E-state index is 0. The molecule has 0 radical (unpaired) electrons. The van der Waals surface area contributed by atoms with Crippen LogP contribution in [0.3, 0.4) is 0 Å². The third-order valence-electron chi connectivity index (χ3n) is 0. The van der Waals surface area contributed by atoms with Gasteiger partial charge in [-0.2, -0.15) is 0 Å². The first-order valence-electron chi connectivity index (χ1n) is 0. The van der Waals surface area contributed by atoms with Crippen LogP contribution in [-0.4, -0.2) is 11.0 Å². The van der Waals surface area contributed by atoms with Crippen LogP contribution >= 0.6 is 0 Å². The van der Waals surface area contributed by atoms with Gasteiger partial charge in [0.15, 0.2) is 0 Å². The maximum Gasteiger partial charge on any atom is 1.00 e. The van der Waals surface area contributed by atoms with Crippen molar-refractivity contribution < 1.29 is 28.0 Å². The van der Waals surface area contributed by atoms with E-state index >= 15 is 0 Å². The van der Waals surface area contributed by atoms with Crippen LogP contribution in [0.4, 0.5) is 0 Å². The van der Waals surface area contributed by atoms with Gasteiger partial charge in [-0.25, -0.2) is 0 Å². The molecule has 0 bridgehead atoms. The Hall–Kier alpha value is 0.399. The van der Waals surface area contributed by atoms with E-state index < -0.39 is 0 Å². The van der Waals surface area contributed by atoms with Crippen LogP contribution < -0.4 is 6.15 Å². The molecule has 0 aromatic heterocycles. The van der Waals surface area contributed by atoms with E-state index in [4.69, 9.17) is 0 Å². The molecule has 6 N–H and O–H groups in total. The molecular formula is H6CuNO2. The molecule has 0 atom stereocenters. The summed E-state index contributed by atoms with van der Waals surface area (Å²) in [5.41, 5.74) is 0. The molecule has 0 heterocycles. The van der Waals surface area contributed by atoms with Crippen molar-refractivity contribution in [2.75, 3.05) is 0 Å². The molecule has 34 valence electrons. The zero-order valence-electron chi connectivity index (χ0n) is 2.20. The standard InChI is InChI=1S/Cu.H3N.2H2O/h;1H3;2*1H2/q+1;;;/p-1. The first-order valence-corrected chi connectivity index (χ1v) is 0. The van der Waals surface area contributed by atoms with Crippen LogP contribution in [0, 0.1) is 0 Å². The Morgan fingerprint density at radius 1 is 0.750 bits per heavy atom. The fraction of sp³-hybridized carbons (Fsp3) is 0. The molecule has 0 spiro atoms. The summed E-state index contributed by atoms with van der Waals surface area (Å²) in [5, 5.41) is 0. The summed E-state index contributed by atoms with van der Waals surface area (Å²) in [4.78, 5) is 0. The van der Waals surface area contributed by atoms with Crippen molar-refractivity contribution in [2.24, 2.45) is 0 Å². The van der Waals surface area contributed by atoms with Crippen molar-refractivity contribution in [1.82, 2.24) is 6.15 Å². The molecule has 0 aliphatic heterocycles. The molecule has 4 heavy (non-hydrogen) atoms. The van der Waals surface area contributed by atoms with Crippen LogP contribution in [0.5, 0.6) is 0 Å². The van der Waals surface area contributed by atoms with Gasteiger partial charge in [0.25, 0.3) is 0 Å². The zero-order valence-corrected chi connectivity index (χ0v) is 3.14. The van der Waals surface area contributed by atoms with Crippen molar-refractivity contribution >= 4 is 0 Å². The average molecular weight is 116 g/mol. The molecule has 0 fully saturated rings. The van der Waals surface area contributed by atoms with Gasteiger partial charge in [0, 0.05) is 0 Å². The SMILES string of the molecule is [Cu+].[NH4+].[OH-].[OH-]. The van der Waals surface area contributed by atoms with Crippen molar-refractivity contribution in [2.45, 2.75) is 0 Å². The fourth-order valence-corrected chi connectivity index (χ4v) is 0. The van der Waals surface area contributed by atoms with Crippen molar-refractivity contribution in [3.05, 3.63) is 0 Å². The van der Waals surface area contributed by atoms with Crippen LogP contribution in [0.25, 0.3) is 0 Å². The smallest absolute Gasteiger partial charge is 0.870 e. The van der Waals surface area contributed by atoms with E-state index in [1.807, 2.05) is 0 Å². The molecule has 0 amide bonds. The third kappa shape index (κ3) is 29.4. The van der Waals surface area contributed by atoms with E-state index in [-0.39, 0.29) is 34.2 Å². The minimum absolute atomic E-state index is 0. The summed E-state index contributed by atoms with van der Waals surface area (Å²) >= 11 is 0. The van der Waals surface area contributed by atoms with Crippen LogP contribution in [0.2, 0.25) is 0 Å². The van der Waals surface area contributed by atoms with Crippen molar-refractivity contribution in [3.63, 3.8) is 0 Å². The van der Waals surface area contributed by atoms with Gasteiger partial charge in [-0.15, -0.1) is 0 Å². The van der Waals surface area contributed by atoms with E-state index in [1.165, 1.54) is 0 Å². The number of hydrogen-bond acceptors (Lipinski definition) is 2. The average Bonchev–Trinajstić information content (AvgIpc) is 0. The second kappa shape index (κ2) is 123. The molecule has 0 saturated carbocycles. The quantitative estimate of drug-likeness (QED) is 0.451. The van der Waals surface area contributed by atoms with Crippen molar-refractivity contribution in [1.29, 1.82) is 0 Å². The largest absolute Gasteiger partial charge is 1.00 e. The van der Waals surface area contributed by atoms with E-state index in [0.717, 1.165) is 0 Å². The van der Waals surface area contributed by atoms with Gasteiger partial charge in [-0.05, 0) is 0 Å². The van der Waals surface area contributed by atoms with Crippen LogP contribution in [0.1, 0.15) is 0 Å². The number of quaternary nitrogens is 1. The maximum atomic E-state index is 0. The molecule has 0 unspecified atom stereocenters. The molecule has 0 rings (SSSR count). The third-order valence-corrected chi connectivity index (χ3v) is 0. The zero-order chi connectivity index (χ0) is 0. The molecular weight excluding hydrogens is 110 g/mol. The summed E-state index contributed by atoms with van der Waals surface area (Å²) in [7, 11) is 0. The monoisotopic (exact) mass is 115 g/mol. The van der Waals surface area contributed by atoms with Crippen molar-refractivity contribution in [3.8, 4) is 0 Å². The Morgan fingerprint density at radius 2 is 0.750 bits per heavy atom. The summed E-state index contributed by atoms with van der Waals surface area (Å²) in [6.07, 6.45) is 0. The maximum absolute atomic E-state index is 0. The second-order valence-electron chi connectivity index (χ2n) is 0. The Labute approximate surface area is 35.1 Å². The molecule has 4 heteroatoms. The summed E-state index contributed by atoms with van der Waals surface area (Å²) in [5.74, 6) is 0. The van der Waals surface area contributed by atoms with E-state index in [2.05, 4.69) is 0 Å². The normalized spacial score (nSPS) is 0. The summed E-state index contributed by atoms with van der Waals surface area (Å²) in [6, 6.07) is 0. The van der Waals surface area contributed by atoms with Gasteiger partial charge in [0.05, 0.1) is 0 Å². The Bertz CT molecular complexity index is 6.00. The van der Waals surface area contributed by atoms with Gasteiger partial charge in [-0.3, -0.25) is 0 Å². The molecule has 0 aromatic rings. The Morgan fingerprint density at radius 3 is 0.750 bits per heavy atom. The second-order valence-corrected chi connectivity index (χ2v) is 0. The van der Waals surface area contributed by atoms with Gasteiger partial charge < -0.3 is 17.1 Å². The van der Waals surface area contributed by atoms with Gasteiger partial charge in [0.2, 0.25) is 0 Å². The molecule has 3 nitrogen and oxygen atoms in total. The topological polar surface area (TPSA) is 96.5 Å². The summed E-state index contributed by atoms with van der Waals surface area (Å²) in [6.45, 7) is 0. The van der Waals surface area contributed by atoms with Crippen LogP contribution in [-0.2, 0) is 17.1 Å². The first kappa shape index (κ1) is 319. The van der Waals surface area contributed by atoms with E-state index in [1.54, 1.807) is 0 Å². The van der Waals surface area contributed by atoms with Gasteiger partial charge in [-0.1, -0.05) is 0 Å². The minimum Gasteiger partial charge on any atom is -0.870 e. The predicted octanol–water partition coefficient (Wildman–Crippen LogP) is 0.0201. The van der Waals surface area contributed by atoms with E-state index in [0.29, 0.717) is 0 Å². The van der Waals surface area contributed by atoms with E-state index in [9.17, 15) is 0 Å². The number of rotatable bonds is 0. The molecule has 0 aliphatic rings. The Kier molecular flexibility index (Phi) is 9770. The Balaban J connectivity index is 0. The summed E-state index contributed by atoms with van der Waals surface area (Å²) < 4.78 is 0. The first-order chi connectivity index (χ1) is 0. The molecule has 0 aliphatic carbocycles.